The van der Waals surface area contributed by atoms with E-state index in [4.69, 9.17) is 11.5 Å². The predicted molar refractivity (Wildman–Crippen MR) is 93.7 cm³/mol. The number of carbonyl (C=O) groups is 1. The van der Waals surface area contributed by atoms with E-state index in [0.29, 0.717) is 10.8 Å². The second-order valence-electron chi connectivity index (χ2n) is 5.78. The minimum atomic E-state index is -0.560. The third-order valence-corrected chi connectivity index (χ3v) is 5.22. The molecule has 2 heterocycles. The molecule has 0 bridgehead atoms. The number of rotatable bonds is 4. The summed E-state index contributed by atoms with van der Waals surface area (Å²) < 4.78 is 1.05. The van der Waals surface area contributed by atoms with Crippen LogP contribution in [0.1, 0.15) is 23.4 Å². The number of fused-ring (bicyclic) bond motifs is 1. The molecule has 1 atom stereocenters. The molecule has 0 aliphatic carbocycles. The Balaban J connectivity index is 1.97. The highest BCUT2D eigenvalue weighted by molar-refractivity contribution is 7.20. The second kappa shape index (κ2) is 6.55. The lowest BCUT2D eigenvalue weighted by Crippen LogP contribution is -2.44. The molecule has 0 radical (unpaired) electrons. The van der Waals surface area contributed by atoms with Gasteiger partial charge in [-0.15, -0.1) is 11.3 Å². The van der Waals surface area contributed by atoms with Crippen molar-refractivity contribution in [1.29, 1.82) is 0 Å². The van der Waals surface area contributed by atoms with Crippen molar-refractivity contribution in [1.82, 2.24) is 15.6 Å². The molecule has 1 aromatic carbocycles. The summed E-state index contributed by atoms with van der Waals surface area (Å²) in [6.45, 7) is 3.86. The highest BCUT2D eigenvalue weighted by Crippen LogP contribution is 2.30. The number of hydrogen-bond donors (Lipinski definition) is 4. The number of aromatic nitrogens is 1. The first kappa shape index (κ1) is 15.8. The van der Waals surface area contributed by atoms with E-state index in [1.54, 1.807) is 0 Å². The molecule has 0 unspecified atom stereocenters. The first-order valence-electron chi connectivity index (χ1n) is 7.69. The zero-order valence-electron chi connectivity index (χ0n) is 13.1. The van der Waals surface area contributed by atoms with Crippen LogP contribution in [0.3, 0.4) is 0 Å². The summed E-state index contributed by atoms with van der Waals surface area (Å²) in [5.74, 6) is -0.251. The van der Waals surface area contributed by atoms with Gasteiger partial charge in [-0.1, -0.05) is 12.1 Å². The molecule has 1 fully saturated rings. The summed E-state index contributed by atoms with van der Waals surface area (Å²) in [4.78, 5) is 16.5. The van der Waals surface area contributed by atoms with Crippen molar-refractivity contribution in [2.75, 3.05) is 13.1 Å². The van der Waals surface area contributed by atoms with Crippen molar-refractivity contribution < 1.29 is 4.79 Å². The van der Waals surface area contributed by atoms with Gasteiger partial charge in [0.25, 0.3) is 5.91 Å². The fourth-order valence-corrected chi connectivity index (χ4v) is 3.91. The van der Waals surface area contributed by atoms with E-state index in [9.17, 15) is 4.79 Å². The number of amides is 1. The van der Waals surface area contributed by atoms with Crippen LogP contribution in [-0.4, -0.2) is 30.0 Å². The maximum Gasteiger partial charge on any atom is 0.255 e. The molecule has 0 spiro atoms. The van der Waals surface area contributed by atoms with Gasteiger partial charge in [-0.3, -0.25) is 4.79 Å². The lowest BCUT2D eigenvalue weighted by atomic mass is 10.1. The molecule has 1 amide bonds. The zero-order chi connectivity index (χ0) is 16.4. The van der Waals surface area contributed by atoms with E-state index in [1.165, 1.54) is 11.3 Å². The van der Waals surface area contributed by atoms with Gasteiger partial charge in [-0.05, 0) is 37.9 Å². The number of thiazole rings is 1. The highest BCUT2D eigenvalue weighted by atomic mass is 32.1. The van der Waals surface area contributed by atoms with Crippen molar-refractivity contribution >= 4 is 33.0 Å². The summed E-state index contributed by atoms with van der Waals surface area (Å²) in [5, 5.41) is 7.09. The normalized spacial score (nSPS) is 19.4. The smallest absolute Gasteiger partial charge is 0.255 e. The predicted octanol–water partition coefficient (Wildman–Crippen LogP) is 1.06. The highest BCUT2D eigenvalue weighted by Gasteiger charge is 2.21. The number of nitrogens with two attached hydrogens (primary N) is 2. The van der Waals surface area contributed by atoms with Gasteiger partial charge >= 0.3 is 0 Å². The van der Waals surface area contributed by atoms with Crippen LogP contribution in [0.4, 0.5) is 0 Å². The Morgan fingerprint density at radius 3 is 2.91 bits per heavy atom. The van der Waals surface area contributed by atoms with Gasteiger partial charge in [0.2, 0.25) is 0 Å². The fraction of sp³-hybridized carbons (Fsp3) is 0.375. The average molecular weight is 331 g/mol. The van der Waals surface area contributed by atoms with E-state index < -0.39 is 5.91 Å². The standard InChI is InChI=1S/C16H21N5OS/c1-9-4-2-6-11-13(9)23-16(21-11)12(15(18)22)14(17)20-10-5-3-7-19-8-10/h2,4,6,10,19-20H,3,5,7-8,17H2,1H3,(H2,18,22)/b14-12-/t10-/m1/s1. The molecular formula is C16H21N5OS. The molecule has 1 aliphatic heterocycles. The van der Waals surface area contributed by atoms with Crippen LogP contribution in [0, 0.1) is 6.92 Å². The van der Waals surface area contributed by atoms with E-state index in [2.05, 4.69) is 15.6 Å². The van der Waals surface area contributed by atoms with Crippen molar-refractivity contribution in [3.63, 3.8) is 0 Å². The first-order valence-corrected chi connectivity index (χ1v) is 8.51. The van der Waals surface area contributed by atoms with E-state index in [-0.39, 0.29) is 11.6 Å². The summed E-state index contributed by atoms with van der Waals surface area (Å²) in [6.07, 6.45) is 2.09. The lowest BCUT2D eigenvalue weighted by Gasteiger charge is -2.25. The second-order valence-corrected chi connectivity index (χ2v) is 6.78. The molecule has 122 valence electrons. The Kier molecular flexibility index (Phi) is 4.49. The summed E-state index contributed by atoms with van der Waals surface area (Å²) in [5.41, 5.74) is 14.0. The summed E-state index contributed by atoms with van der Waals surface area (Å²) in [7, 11) is 0. The Bertz CT molecular complexity index is 761. The quantitative estimate of drug-likeness (QED) is 0.627. The van der Waals surface area contributed by atoms with E-state index >= 15 is 0 Å². The largest absolute Gasteiger partial charge is 0.385 e. The average Bonchev–Trinajstić information content (AvgIpc) is 2.93. The Morgan fingerprint density at radius 2 is 2.26 bits per heavy atom. The number of carbonyl (C=O) groups excluding carboxylic acids is 1. The minimum Gasteiger partial charge on any atom is -0.385 e. The molecule has 23 heavy (non-hydrogen) atoms. The number of hydrogen-bond acceptors (Lipinski definition) is 6. The lowest BCUT2D eigenvalue weighted by molar-refractivity contribution is -0.112. The topological polar surface area (TPSA) is 106 Å². The maximum atomic E-state index is 11.9. The monoisotopic (exact) mass is 331 g/mol. The molecule has 1 aromatic heterocycles. The number of nitrogens with one attached hydrogen (secondary N) is 2. The van der Waals surface area contributed by atoms with Crippen LogP contribution in [-0.2, 0) is 4.79 Å². The molecule has 2 aromatic rings. The molecular weight excluding hydrogens is 310 g/mol. The van der Waals surface area contributed by atoms with Gasteiger partial charge in [-0.2, -0.15) is 0 Å². The van der Waals surface area contributed by atoms with E-state index in [0.717, 1.165) is 41.7 Å². The number of aryl methyl sites for hydroxylation is 1. The first-order chi connectivity index (χ1) is 11.1. The van der Waals surface area contributed by atoms with Crippen LogP contribution >= 0.6 is 11.3 Å². The van der Waals surface area contributed by atoms with E-state index in [1.807, 2.05) is 25.1 Å². The van der Waals surface area contributed by atoms with Gasteiger partial charge in [0.15, 0.2) is 0 Å². The van der Waals surface area contributed by atoms with Crippen molar-refractivity contribution in [3.8, 4) is 0 Å². The van der Waals surface area contributed by atoms with Crippen LogP contribution < -0.4 is 22.1 Å². The third-order valence-electron chi connectivity index (χ3n) is 4.00. The summed E-state index contributed by atoms with van der Waals surface area (Å²) in [6, 6.07) is 6.10. The van der Waals surface area contributed by atoms with Crippen LogP contribution in [0.25, 0.3) is 15.8 Å². The molecule has 1 saturated heterocycles. The molecule has 6 nitrogen and oxygen atoms in total. The Hall–Kier alpha value is -2.12. The number of nitrogens with zero attached hydrogens (tertiary/aromatic N) is 1. The van der Waals surface area contributed by atoms with Gasteiger partial charge < -0.3 is 22.1 Å². The van der Waals surface area contributed by atoms with Gasteiger partial charge in [-0.25, -0.2) is 4.98 Å². The van der Waals surface area contributed by atoms with Crippen molar-refractivity contribution in [3.05, 3.63) is 34.6 Å². The minimum absolute atomic E-state index is 0.203. The summed E-state index contributed by atoms with van der Waals surface area (Å²) >= 11 is 1.45. The van der Waals surface area contributed by atoms with Crippen LogP contribution in [0.2, 0.25) is 0 Å². The molecule has 7 heteroatoms. The Labute approximate surface area is 139 Å². The molecule has 3 rings (SSSR count). The van der Waals surface area contributed by atoms with Crippen LogP contribution in [0.5, 0.6) is 0 Å². The van der Waals surface area contributed by atoms with Gasteiger partial charge in [0.1, 0.15) is 16.4 Å². The van der Waals surface area contributed by atoms with Gasteiger partial charge in [0, 0.05) is 12.6 Å². The van der Waals surface area contributed by atoms with Gasteiger partial charge in [0.05, 0.1) is 10.2 Å². The number of primary amides is 1. The molecule has 0 saturated carbocycles. The number of piperidine rings is 1. The fourth-order valence-electron chi connectivity index (χ4n) is 2.81. The van der Waals surface area contributed by atoms with Crippen LogP contribution in [0.15, 0.2) is 24.0 Å². The SMILES string of the molecule is Cc1cccc2nc(/C(C(N)=O)=C(/N)N[C@@H]3CCCNC3)sc12. The third kappa shape index (κ3) is 3.30. The number of benzene rings is 1. The molecule has 1 aliphatic rings. The van der Waals surface area contributed by atoms with Crippen molar-refractivity contribution in [2.24, 2.45) is 11.5 Å². The zero-order valence-corrected chi connectivity index (χ0v) is 13.9. The Morgan fingerprint density at radius 1 is 1.43 bits per heavy atom. The molecule has 6 N–H and O–H groups in total. The maximum absolute atomic E-state index is 11.9. The van der Waals surface area contributed by atoms with Crippen molar-refractivity contribution in [2.45, 2.75) is 25.8 Å².